The molecule has 0 aromatic rings. The fourth-order valence-electron chi connectivity index (χ4n) is 2.18. The molecular formula is C10H16F3NO3. The molecule has 0 radical (unpaired) electrons. The third-order valence-corrected chi connectivity index (χ3v) is 3.28. The van der Waals surface area contributed by atoms with Gasteiger partial charge in [-0.05, 0) is 12.8 Å². The van der Waals surface area contributed by atoms with Crippen LogP contribution in [0.3, 0.4) is 0 Å². The Morgan fingerprint density at radius 3 is 2.47 bits per heavy atom. The van der Waals surface area contributed by atoms with Gasteiger partial charge in [0.05, 0.1) is 0 Å². The van der Waals surface area contributed by atoms with Crippen molar-refractivity contribution in [3.8, 4) is 0 Å². The van der Waals surface area contributed by atoms with Gasteiger partial charge in [0.1, 0.15) is 6.04 Å². The van der Waals surface area contributed by atoms with Gasteiger partial charge in [-0.1, -0.05) is 6.92 Å². The number of alkyl halides is 3. The highest BCUT2D eigenvalue weighted by Crippen LogP contribution is 2.41. The van der Waals surface area contributed by atoms with Crippen LogP contribution in [0.1, 0.15) is 19.8 Å². The molecule has 100 valence electrons. The molecule has 1 aliphatic heterocycles. The summed E-state index contributed by atoms with van der Waals surface area (Å²) in [6, 6.07) is -0.880. The van der Waals surface area contributed by atoms with E-state index in [2.05, 4.69) is 4.74 Å². The largest absolute Gasteiger partial charge is 0.480 e. The molecule has 0 spiro atoms. The Balaban J connectivity index is 2.84. The van der Waals surface area contributed by atoms with Crippen LogP contribution >= 0.6 is 0 Å². The van der Waals surface area contributed by atoms with E-state index in [0.717, 1.165) is 7.11 Å². The van der Waals surface area contributed by atoms with Crippen LogP contribution in [0, 0.1) is 0 Å². The minimum absolute atomic E-state index is 0.0815. The normalized spacial score (nSPS) is 28.3. The van der Waals surface area contributed by atoms with Crippen molar-refractivity contribution in [2.24, 2.45) is 0 Å². The summed E-state index contributed by atoms with van der Waals surface area (Å²) in [7, 11) is 1.01. The first-order valence-corrected chi connectivity index (χ1v) is 5.36. The molecule has 1 N–H and O–H groups in total. The third kappa shape index (κ3) is 2.55. The molecule has 1 fully saturated rings. The molecule has 0 saturated carbocycles. The average Bonchev–Trinajstić information content (AvgIpc) is 2.63. The number of nitrogens with zero attached hydrogens (tertiary/aromatic N) is 1. The molecule has 0 aromatic heterocycles. The second-order valence-corrected chi connectivity index (χ2v) is 4.18. The number of halogens is 3. The summed E-state index contributed by atoms with van der Waals surface area (Å²) < 4.78 is 43.2. The van der Waals surface area contributed by atoms with E-state index >= 15 is 0 Å². The van der Waals surface area contributed by atoms with Crippen LogP contribution in [0.25, 0.3) is 0 Å². The molecule has 0 bridgehead atoms. The molecule has 1 rings (SSSR count). The Labute approximate surface area is 97.3 Å². The van der Waals surface area contributed by atoms with E-state index in [1.165, 1.54) is 4.90 Å². The van der Waals surface area contributed by atoms with Crippen LogP contribution in [-0.2, 0) is 9.53 Å². The Hall–Kier alpha value is -0.820. The fraction of sp³-hybridized carbons (Fsp3) is 0.900. The fourth-order valence-corrected chi connectivity index (χ4v) is 2.18. The highest BCUT2D eigenvalue weighted by Gasteiger charge is 2.59. The minimum atomic E-state index is -4.48. The predicted octanol–water partition coefficient (Wildman–Crippen LogP) is 1.50. The lowest BCUT2D eigenvalue weighted by Gasteiger charge is -2.31. The van der Waals surface area contributed by atoms with Crippen LogP contribution in [0.5, 0.6) is 0 Å². The van der Waals surface area contributed by atoms with Gasteiger partial charge in [0, 0.05) is 20.2 Å². The first-order valence-electron chi connectivity index (χ1n) is 5.36. The molecular weight excluding hydrogens is 239 g/mol. The van der Waals surface area contributed by atoms with Gasteiger partial charge in [-0.3, -0.25) is 9.69 Å². The molecule has 2 atom stereocenters. The number of carbonyl (C=O) groups is 1. The summed E-state index contributed by atoms with van der Waals surface area (Å²) in [6.45, 7) is 1.30. The number of carboxylic acids is 1. The van der Waals surface area contributed by atoms with E-state index in [4.69, 9.17) is 5.11 Å². The summed E-state index contributed by atoms with van der Waals surface area (Å²) in [5, 5.41) is 8.92. The lowest BCUT2D eigenvalue weighted by atomic mass is 10.0. The van der Waals surface area contributed by atoms with Gasteiger partial charge < -0.3 is 9.84 Å². The van der Waals surface area contributed by atoms with Gasteiger partial charge in [0.15, 0.2) is 5.60 Å². The van der Waals surface area contributed by atoms with Crippen molar-refractivity contribution in [2.75, 3.05) is 20.2 Å². The van der Waals surface area contributed by atoms with Crippen LogP contribution in [-0.4, -0.2) is 54.0 Å². The minimum Gasteiger partial charge on any atom is -0.480 e. The molecule has 0 aliphatic carbocycles. The average molecular weight is 255 g/mol. The molecule has 1 heterocycles. The Kier molecular flexibility index (Phi) is 4.03. The maximum atomic E-state index is 12.9. The summed E-state index contributed by atoms with van der Waals surface area (Å²) in [5.74, 6) is -1.10. The van der Waals surface area contributed by atoms with Gasteiger partial charge in [0.25, 0.3) is 0 Å². The summed E-state index contributed by atoms with van der Waals surface area (Å²) in [4.78, 5) is 12.2. The number of hydrogen-bond donors (Lipinski definition) is 1. The van der Waals surface area contributed by atoms with Gasteiger partial charge in [0.2, 0.25) is 0 Å². The molecule has 1 aliphatic rings. The third-order valence-electron chi connectivity index (χ3n) is 3.28. The van der Waals surface area contributed by atoms with Crippen LogP contribution in [0.15, 0.2) is 0 Å². The van der Waals surface area contributed by atoms with Crippen molar-refractivity contribution in [1.29, 1.82) is 0 Å². The van der Waals surface area contributed by atoms with Gasteiger partial charge >= 0.3 is 12.1 Å². The first-order chi connectivity index (χ1) is 7.77. The standard InChI is InChI=1S/C10H16F3NO3/c1-3-7(8(15)16)14-5-4-9(6-14,17-2)10(11,12)13/h7H,3-6H2,1-2H3,(H,15,16)/t7-,9-/m1/s1. The van der Waals surface area contributed by atoms with Crippen molar-refractivity contribution >= 4 is 5.97 Å². The smallest absolute Gasteiger partial charge is 0.418 e. The molecule has 0 unspecified atom stereocenters. The van der Waals surface area contributed by atoms with Crippen LogP contribution in [0.4, 0.5) is 13.2 Å². The Morgan fingerprint density at radius 2 is 2.18 bits per heavy atom. The van der Waals surface area contributed by atoms with E-state index in [1.54, 1.807) is 6.92 Å². The molecule has 0 amide bonds. The second-order valence-electron chi connectivity index (χ2n) is 4.18. The number of ether oxygens (including phenoxy) is 1. The van der Waals surface area contributed by atoms with E-state index < -0.39 is 30.3 Å². The SMILES string of the molecule is CC[C@H](C(=O)O)N1CC[C@](OC)(C(F)(F)F)C1. The first kappa shape index (κ1) is 14.2. The zero-order valence-electron chi connectivity index (χ0n) is 9.75. The van der Waals surface area contributed by atoms with Crippen molar-refractivity contribution in [2.45, 2.75) is 37.6 Å². The highest BCUT2D eigenvalue weighted by molar-refractivity contribution is 5.73. The van der Waals surface area contributed by atoms with E-state index in [-0.39, 0.29) is 19.4 Å². The number of likely N-dealkylation sites (tertiary alicyclic amines) is 1. The molecule has 17 heavy (non-hydrogen) atoms. The van der Waals surface area contributed by atoms with Crippen molar-refractivity contribution in [3.63, 3.8) is 0 Å². The van der Waals surface area contributed by atoms with Gasteiger partial charge in [-0.25, -0.2) is 0 Å². The highest BCUT2D eigenvalue weighted by atomic mass is 19.4. The number of rotatable bonds is 4. The molecule has 1 saturated heterocycles. The van der Waals surface area contributed by atoms with Gasteiger partial charge in [-0.15, -0.1) is 0 Å². The van der Waals surface area contributed by atoms with E-state index in [0.29, 0.717) is 0 Å². The Morgan fingerprint density at radius 1 is 1.59 bits per heavy atom. The quantitative estimate of drug-likeness (QED) is 0.827. The van der Waals surface area contributed by atoms with Gasteiger partial charge in [-0.2, -0.15) is 13.2 Å². The van der Waals surface area contributed by atoms with Crippen molar-refractivity contribution < 1.29 is 27.8 Å². The van der Waals surface area contributed by atoms with E-state index in [9.17, 15) is 18.0 Å². The topological polar surface area (TPSA) is 49.8 Å². The monoisotopic (exact) mass is 255 g/mol. The van der Waals surface area contributed by atoms with Crippen molar-refractivity contribution in [1.82, 2.24) is 4.90 Å². The summed E-state index contributed by atoms with van der Waals surface area (Å²) >= 11 is 0. The number of hydrogen-bond acceptors (Lipinski definition) is 3. The summed E-state index contributed by atoms with van der Waals surface area (Å²) in [6.07, 6.45) is -4.43. The lowest BCUT2D eigenvalue weighted by Crippen LogP contribution is -2.51. The number of carboxylic acid groups (broad SMARTS) is 1. The summed E-state index contributed by atoms with van der Waals surface area (Å²) in [5.41, 5.74) is -2.23. The number of methoxy groups -OCH3 is 1. The lowest BCUT2D eigenvalue weighted by molar-refractivity contribution is -0.264. The number of aliphatic carboxylic acids is 1. The van der Waals surface area contributed by atoms with E-state index in [1.807, 2.05) is 0 Å². The molecule has 4 nitrogen and oxygen atoms in total. The van der Waals surface area contributed by atoms with Crippen molar-refractivity contribution in [3.05, 3.63) is 0 Å². The predicted molar refractivity (Wildman–Crippen MR) is 53.7 cm³/mol. The molecule has 7 heteroatoms. The zero-order valence-corrected chi connectivity index (χ0v) is 9.75. The second kappa shape index (κ2) is 4.81. The van der Waals surface area contributed by atoms with Crippen LogP contribution < -0.4 is 0 Å². The van der Waals surface area contributed by atoms with Crippen LogP contribution in [0.2, 0.25) is 0 Å². The zero-order chi connectivity index (χ0) is 13.3. The maximum absolute atomic E-state index is 12.9. The Bertz CT molecular complexity index is 295. The molecule has 0 aromatic carbocycles. The maximum Gasteiger partial charge on any atom is 0.418 e.